The van der Waals surface area contributed by atoms with Crippen LogP contribution >= 0.6 is 11.3 Å². The molecule has 2 aliphatic rings. The predicted molar refractivity (Wildman–Crippen MR) is 226 cm³/mol. The lowest BCUT2D eigenvalue weighted by Gasteiger charge is -2.37. The molecule has 2 fully saturated rings. The van der Waals surface area contributed by atoms with E-state index in [4.69, 9.17) is 0 Å². The molecule has 4 N–H and O–H groups in total. The molecule has 2 aromatic heterocycles. The molecule has 7 rings (SSSR count). The third kappa shape index (κ3) is 8.98. The van der Waals surface area contributed by atoms with Gasteiger partial charge in [-0.05, 0) is 91.3 Å². The molecule has 12 heteroatoms. The molecule has 1 aliphatic heterocycles. The van der Waals surface area contributed by atoms with E-state index in [1.165, 1.54) is 10.5 Å². The minimum atomic E-state index is -0.875. The van der Waals surface area contributed by atoms with Crippen LogP contribution in [0.15, 0.2) is 90.6 Å². The number of aliphatic hydroxyl groups is 1. The van der Waals surface area contributed by atoms with Crippen molar-refractivity contribution in [3.63, 3.8) is 0 Å². The molecule has 302 valence electrons. The number of β-amino-alcohol motifs (C(OH)–C–C–N with tert-alkyl or cyclic N) is 1. The van der Waals surface area contributed by atoms with Crippen molar-refractivity contribution in [2.75, 3.05) is 6.54 Å². The van der Waals surface area contributed by atoms with Crippen molar-refractivity contribution in [2.24, 2.45) is 11.3 Å². The van der Waals surface area contributed by atoms with Crippen LogP contribution in [-0.4, -0.2) is 72.7 Å². The zero-order valence-electron chi connectivity index (χ0n) is 33.7. The number of benzene rings is 3. The predicted octanol–water partition coefficient (Wildman–Crippen LogP) is 7.59. The number of rotatable bonds is 10. The summed E-state index contributed by atoms with van der Waals surface area (Å²) in [5.41, 5.74) is 8.47. The number of hydrogen-bond donors (Lipinski definition) is 4. The Hall–Kier alpha value is -5.46. The number of likely N-dealkylation sites (tertiary alicyclic amines) is 1. The molecule has 3 aromatic carbocycles. The van der Waals surface area contributed by atoms with Gasteiger partial charge in [0, 0.05) is 30.0 Å². The quantitative estimate of drug-likeness (QED) is 0.113. The Morgan fingerprint density at radius 3 is 2.22 bits per heavy atom. The number of phenolic OH excluding ortho intramolecular Hbond substituents is 1. The van der Waals surface area contributed by atoms with Gasteiger partial charge in [0.1, 0.15) is 17.8 Å². The van der Waals surface area contributed by atoms with Gasteiger partial charge < -0.3 is 25.7 Å². The Labute approximate surface area is 344 Å². The number of amides is 3. The highest BCUT2D eigenvalue weighted by Crippen LogP contribution is 2.38. The molecule has 0 bridgehead atoms. The third-order valence-electron chi connectivity index (χ3n) is 11.7. The molecule has 0 spiro atoms. The molecular weight excluding hydrogens is 749 g/mol. The lowest BCUT2D eigenvalue weighted by Crippen LogP contribution is -2.58. The highest BCUT2D eigenvalue weighted by Gasteiger charge is 2.45. The summed E-state index contributed by atoms with van der Waals surface area (Å²) in [6.07, 6.45) is 4.06. The van der Waals surface area contributed by atoms with Gasteiger partial charge in [-0.1, -0.05) is 81.4 Å². The molecule has 58 heavy (non-hydrogen) atoms. The first-order chi connectivity index (χ1) is 27.8. The SMILES string of the molecule is Cc1ncsc1-c1ccc([C@H](C)NC(=O)[C@@H]2C[C@@H](O)CN2C(=O)[C@@H](NC(=O)C2CCC(c3ccc(-c4cnnc(-c5ccccc5O)c4)cc3)CC2)C(C)(C)C)cc1. The fourth-order valence-corrected chi connectivity index (χ4v) is 9.07. The summed E-state index contributed by atoms with van der Waals surface area (Å²) in [5, 5.41) is 35.6. The first-order valence-corrected chi connectivity index (χ1v) is 21.0. The molecular formula is C46H52N6O5S. The van der Waals surface area contributed by atoms with Crippen molar-refractivity contribution >= 4 is 29.1 Å². The number of carbonyl (C=O) groups is 3. The molecule has 1 aliphatic carbocycles. The number of nitrogens with one attached hydrogen (secondary N) is 2. The molecule has 0 radical (unpaired) electrons. The fraction of sp³-hybridized carbons (Fsp3) is 0.391. The van der Waals surface area contributed by atoms with Gasteiger partial charge >= 0.3 is 0 Å². The third-order valence-corrected chi connectivity index (χ3v) is 12.7. The maximum atomic E-state index is 14.3. The van der Waals surface area contributed by atoms with E-state index in [0.29, 0.717) is 30.0 Å². The summed E-state index contributed by atoms with van der Waals surface area (Å²) in [6.45, 7) is 9.63. The number of aromatic hydroxyl groups is 1. The van der Waals surface area contributed by atoms with E-state index in [1.54, 1.807) is 29.7 Å². The number of para-hydroxylation sites is 1. The summed E-state index contributed by atoms with van der Waals surface area (Å²) >= 11 is 1.59. The number of carbonyl (C=O) groups excluding carboxylic acids is 3. The van der Waals surface area contributed by atoms with Crippen LogP contribution in [0, 0.1) is 18.3 Å². The van der Waals surface area contributed by atoms with Crippen LogP contribution in [0.4, 0.5) is 0 Å². The van der Waals surface area contributed by atoms with E-state index >= 15 is 0 Å². The number of aryl methyl sites for hydroxylation is 1. The number of hydrogen-bond acceptors (Lipinski definition) is 9. The Morgan fingerprint density at radius 1 is 0.879 bits per heavy atom. The Kier molecular flexibility index (Phi) is 12.1. The van der Waals surface area contributed by atoms with Crippen LogP contribution in [0.5, 0.6) is 5.75 Å². The van der Waals surface area contributed by atoms with Crippen molar-refractivity contribution in [3.8, 4) is 38.6 Å². The molecule has 1 saturated heterocycles. The van der Waals surface area contributed by atoms with Crippen LogP contribution in [0.1, 0.15) is 88.6 Å². The summed E-state index contributed by atoms with van der Waals surface area (Å²) in [5.74, 6) is -0.627. The monoisotopic (exact) mass is 800 g/mol. The van der Waals surface area contributed by atoms with Gasteiger partial charge in [0.15, 0.2) is 0 Å². The number of aromatic nitrogens is 3. The zero-order chi connectivity index (χ0) is 41.1. The fourth-order valence-electron chi connectivity index (χ4n) is 8.26. The van der Waals surface area contributed by atoms with E-state index in [0.717, 1.165) is 45.7 Å². The molecule has 4 atom stereocenters. The van der Waals surface area contributed by atoms with Crippen molar-refractivity contribution in [1.82, 2.24) is 30.7 Å². The maximum Gasteiger partial charge on any atom is 0.246 e. The summed E-state index contributed by atoms with van der Waals surface area (Å²) < 4.78 is 0. The van der Waals surface area contributed by atoms with Gasteiger partial charge in [0.05, 0.1) is 40.1 Å². The molecule has 11 nitrogen and oxygen atoms in total. The minimum Gasteiger partial charge on any atom is -0.507 e. The molecule has 5 aromatic rings. The van der Waals surface area contributed by atoms with Gasteiger partial charge in [-0.3, -0.25) is 14.4 Å². The first kappa shape index (κ1) is 40.7. The van der Waals surface area contributed by atoms with E-state index in [-0.39, 0.29) is 48.4 Å². The highest BCUT2D eigenvalue weighted by atomic mass is 32.1. The van der Waals surface area contributed by atoms with Crippen LogP contribution in [0.25, 0.3) is 32.8 Å². The van der Waals surface area contributed by atoms with Crippen molar-refractivity contribution < 1.29 is 24.6 Å². The second kappa shape index (κ2) is 17.2. The molecule has 0 unspecified atom stereocenters. The summed E-state index contributed by atoms with van der Waals surface area (Å²) in [7, 11) is 0. The largest absolute Gasteiger partial charge is 0.507 e. The standard InChI is InChI=1S/C46H52N6O5S/c1-27(29-10-18-33(19-11-29)41-28(2)47-26-58-41)49-44(56)39-23-36(53)25-52(39)45(57)42(46(3,4)5)50-43(55)34-20-16-31(17-21-34)30-12-14-32(15-13-30)35-22-38(51-48-24-35)37-8-6-7-9-40(37)54/h6-15,18-19,22,24,26-27,31,34,36,39,42,53-54H,16-17,20-21,23,25H2,1-5H3,(H,49,56)(H,50,55)/t27-,31?,34?,36+,39-,42+/m0/s1. The van der Waals surface area contributed by atoms with Crippen LogP contribution in [-0.2, 0) is 14.4 Å². The van der Waals surface area contributed by atoms with Crippen molar-refractivity contribution in [1.29, 1.82) is 0 Å². The summed E-state index contributed by atoms with van der Waals surface area (Å²) in [4.78, 5) is 48.7. The maximum absolute atomic E-state index is 14.3. The van der Waals surface area contributed by atoms with Crippen molar-refractivity contribution in [3.05, 3.63) is 107 Å². The van der Waals surface area contributed by atoms with Crippen LogP contribution in [0.3, 0.4) is 0 Å². The molecule has 1 saturated carbocycles. The smallest absolute Gasteiger partial charge is 0.246 e. The van der Waals surface area contributed by atoms with Gasteiger partial charge in [-0.15, -0.1) is 11.3 Å². The lowest BCUT2D eigenvalue weighted by atomic mass is 9.77. The topological polar surface area (TPSA) is 158 Å². The highest BCUT2D eigenvalue weighted by molar-refractivity contribution is 7.13. The van der Waals surface area contributed by atoms with Crippen LogP contribution < -0.4 is 10.6 Å². The number of thiazole rings is 1. The normalized spacial score (nSPS) is 20.6. The van der Waals surface area contributed by atoms with E-state index in [1.807, 2.05) is 82.6 Å². The van der Waals surface area contributed by atoms with E-state index in [9.17, 15) is 24.6 Å². The minimum absolute atomic E-state index is 0.0238. The Morgan fingerprint density at radius 2 is 1.57 bits per heavy atom. The van der Waals surface area contributed by atoms with E-state index < -0.39 is 23.6 Å². The average molecular weight is 801 g/mol. The zero-order valence-corrected chi connectivity index (χ0v) is 34.5. The average Bonchev–Trinajstić information content (AvgIpc) is 3.84. The van der Waals surface area contributed by atoms with Gasteiger partial charge in [0.2, 0.25) is 17.7 Å². The number of phenols is 1. The second-order valence-corrected chi connectivity index (χ2v) is 17.7. The van der Waals surface area contributed by atoms with Crippen molar-refractivity contribution in [2.45, 2.75) is 96.9 Å². The van der Waals surface area contributed by atoms with Gasteiger partial charge in [0.25, 0.3) is 0 Å². The molecule has 3 heterocycles. The summed E-state index contributed by atoms with van der Waals surface area (Å²) in [6, 6.07) is 23.3. The Balaban J connectivity index is 0.952. The van der Waals surface area contributed by atoms with E-state index in [2.05, 4.69) is 50.1 Å². The van der Waals surface area contributed by atoms with Gasteiger partial charge in [-0.25, -0.2) is 4.98 Å². The Bertz CT molecular complexity index is 2240. The lowest BCUT2D eigenvalue weighted by molar-refractivity contribution is -0.144. The second-order valence-electron chi connectivity index (χ2n) is 16.8. The van der Waals surface area contributed by atoms with Gasteiger partial charge in [-0.2, -0.15) is 10.2 Å². The van der Waals surface area contributed by atoms with Crippen LogP contribution in [0.2, 0.25) is 0 Å². The number of aliphatic hydroxyl groups excluding tert-OH is 1. The molecule has 3 amide bonds. The first-order valence-electron chi connectivity index (χ1n) is 20.1. The number of nitrogens with zero attached hydrogens (tertiary/aromatic N) is 4.